The number of ether oxygens (including phenoxy) is 2. The second-order valence-electron chi connectivity index (χ2n) is 6.70. The number of carbonyl (C=O) groups excluding carboxylic acids is 2. The van der Waals surface area contributed by atoms with Gasteiger partial charge in [0.25, 0.3) is 11.8 Å². The summed E-state index contributed by atoms with van der Waals surface area (Å²) in [6.07, 6.45) is 0.253. The number of hydrogen-bond acceptors (Lipinski definition) is 4. The summed E-state index contributed by atoms with van der Waals surface area (Å²) in [5.74, 6) is 0.224. The molecule has 0 saturated carbocycles. The molecule has 0 radical (unpaired) electrons. The second kappa shape index (κ2) is 9.37. The molecule has 0 aliphatic carbocycles. The number of aryl methyl sites for hydroxylation is 1. The van der Waals surface area contributed by atoms with E-state index in [1.54, 1.807) is 36.1 Å². The Kier molecular flexibility index (Phi) is 6.66. The van der Waals surface area contributed by atoms with E-state index in [9.17, 15) is 9.59 Å². The van der Waals surface area contributed by atoms with E-state index >= 15 is 0 Å². The molecule has 1 saturated heterocycles. The van der Waals surface area contributed by atoms with Crippen molar-refractivity contribution in [2.45, 2.75) is 26.4 Å². The van der Waals surface area contributed by atoms with Gasteiger partial charge in [0.1, 0.15) is 5.75 Å². The Labute approximate surface area is 165 Å². The zero-order valence-corrected chi connectivity index (χ0v) is 16.3. The predicted molar refractivity (Wildman–Crippen MR) is 108 cm³/mol. The van der Waals surface area contributed by atoms with Crippen molar-refractivity contribution in [3.63, 3.8) is 0 Å². The second-order valence-corrected chi connectivity index (χ2v) is 6.70. The van der Waals surface area contributed by atoms with Gasteiger partial charge in [0.05, 0.1) is 24.5 Å². The van der Waals surface area contributed by atoms with Gasteiger partial charge in [0.2, 0.25) is 0 Å². The van der Waals surface area contributed by atoms with Crippen LogP contribution in [-0.4, -0.2) is 49.1 Å². The van der Waals surface area contributed by atoms with Crippen LogP contribution in [0.25, 0.3) is 0 Å². The number of carbonyl (C=O) groups is 2. The number of para-hydroxylation sites is 1. The van der Waals surface area contributed by atoms with E-state index in [0.717, 1.165) is 6.42 Å². The predicted octanol–water partition coefficient (Wildman–Crippen LogP) is 3.13. The number of benzene rings is 2. The highest BCUT2D eigenvalue weighted by Gasteiger charge is 2.23. The van der Waals surface area contributed by atoms with Crippen molar-refractivity contribution in [3.8, 4) is 5.75 Å². The molecule has 2 aromatic rings. The zero-order valence-electron chi connectivity index (χ0n) is 16.3. The van der Waals surface area contributed by atoms with Crippen molar-refractivity contribution in [3.05, 3.63) is 59.7 Å². The quantitative estimate of drug-likeness (QED) is 0.834. The van der Waals surface area contributed by atoms with Crippen molar-refractivity contribution >= 4 is 17.5 Å². The van der Waals surface area contributed by atoms with Gasteiger partial charge in [-0.25, -0.2) is 0 Å². The molecule has 28 heavy (non-hydrogen) atoms. The fourth-order valence-corrected chi connectivity index (χ4v) is 3.01. The molecule has 3 rings (SSSR count). The summed E-state index contributed by atoms with van der Waals surface area (Å²) in [7, 11) is 0. The third-order valence-electron chi connectivity index (χ3n) is 4.73. The Balaban J connectivity index is 1.66. The largest absolute Gasteiger partial charge is 0.481 e. The first kappa shape index (κ1) is 19.9. The van der Waals surface area contributed by atoms with Crippen LogP contribution >= 0.6 is 0 Å². The number of hydrogen-bond donors (Lipinski definition) is 1. The molecule has 1 atom stereocenters. The molecule has 1 heterocycles. The fraction of sp³-hybridized carbons (Fsp3) is 0.364. The Morgan fingerprint density at radius 1 is 1.11 bits per heavy atom. The number of nitrogens with zero attached hydrogens (tertiary/aromatic N) is 1. The number of rotatable bonds is 6. The first-order valence-electron chi connectivity index (χ1n) is 9.61. The van der Waals surface area contributed by atoms with Crippen LogP contribution in [-0.2, 0) is 16.0 Å². The van der Waals surface area contributed by atoms with Gasteiger partial charge >= 0.3 is 0 Å². The Bertz CT molecular complexity index is 814. The van der Waals surface area contributed by atoms with Gasteiger partial charge in [0, 0.05) is 13.1 Å². The maximum absolute atomic E-state index is 12.8. The molecular formula is C22H26N2O4. The summed E-state index contributed by atoms with van der Waals surface area (Å²) in [6.45, 7) is 5.93. The summed E-state index contributed by atoms with van der Waals surface area (Å²) in [5, 5.41) is 2.83. The molecule has 2 amide bonds. The normalized spacial score (nSPS) is 15.0. The smallest absolute Gasteiger partial charge is 0.265 e. The number of anilines is 1. The fourth-order valence-electron chi connectivity index (χ4n) is 3.01. The van der Waals surface area contributed by atoms with Crippen molar-refractivity contribution in [2.75, 3.05) is 31.6 Å². The minimum absolute atomic E-state index is 0.108. The van der Waals surface area contributed by atoms with Crippen LogP contribution in [0.2, 0.25) is 0 Å². The van der Waals surface area contributed by atoms with Crippen LogP contribution in [0, 0.1) is 0 Å². The summed E-state index contributed by atoms with van der Waals surface area (Å²) in [4.78, 5) is 27.2. The van der Waals surface area contributed by atoms with Crippen LogP contribution in [0.5, 0.6) is 5.75 Å². The van der Waals surface area contributed by atoms with E-state index in [4.69, 9.17) is 9.47 Å². The molecule has 148 valence electrons. The maximum Gasteiger partial charge on any atom is 0.265 e. The summed E-state index contributed by atoms with van der Waals surface area (Å²) in [5.41, 5.74) is 2.16. The third kappa shape index (κ3) is 4.89. The zero-order chi connectivity index (χ0) is 19.9. The van der Waals surface area contributed by atoms with Crippen LogP contribution < -0.4 is 10.1 Å². The molecule has 6 heteroatoms. The monoisotopic (exact) mass is 382 g/mol. The highest BCUT2D eigenvalue weighted by molar-refractivity contribution is 6.04. The van der Waals surface area contributed by atoms with Gasteiger partial charge in [-0.2, -0.15) is 0 Å². The van der Waals surface area contributed by atoms with E-state index in [-0.39, 0.29) is 11.8 Å². The minimum atomic E-state index is -0.695. The molecule has 2 aromatic carbocycles. The Morgan fingerprint density at radius 2 is 1.79 bits per heavy atom. The van der Waals surface area contributed by atoms with Gasteiger partial charge in [-0.15, -0.1) is 0 Å². The van der Waals surface area contributed by atoms with E-state index in [0.29, 0.717) is 43.3 Å². The lowest BCUT2D eigenvalue weighted by Gasteiger charge is -2.27. The molecule has 0 spiro atoms. The van der Waals surface area contributed by atoms with E-state index in [1.165, 1.54) is 5.56 Å². The van der Waals surface area contributed by atoms with Crippen molar-refractivity contribution in [1.82, 2.24) is 4.90 Å². The van der Waals surface area contributed by atoms with Crippen molar-refractivity contribution in [1.29, 1.82) is 0 Å². The molecule has 1 aliphatic rings. The minimum Gasteiger partial charge on any atom is -0.481 e. The molecule has 1 aliphatic heterocycles. The van der Waals surface area contributed by atoms with Gasteiger partial charge in [0.15, 0.2) is 6.10 Å². The first-order chi connectivity index (χ1) is 13.6. The average Bonchev–Trinajstić information content (AvgIpc) is 2.74. The average molecular weight is 382 g/mol. The topological polar surface area (TPSA) is 67.9 Å². The molecule has 0 aromatic heterocycles. The third-order valence-corrected chi connectivity index (χ3v) is 4.73. The number of nitrogens with one attached hydrogen (secondary N) is 1. The molecule has 6 nitrogen and oxygen atoms in total. The number of amides is 2. The Morgan fingerprint density at radius 3 is 2.46 bits per heavy atom. The standard InChI is InChI=1S/C22H26N2O4/c1-3-17-8-10-18(11-9-17)28-16(2)21(25)23-20-7-5-4-6-19(20)22(26)24-12-14-27-15-13-24/h4-11,16H,3,12-15H2,1-2H3,(H,23,25)/t16-/m0/s1. The van der Waals surface area contributed by atoms with Crippen molar-refractivity contribution < 1.29 is 19.1 Å². The molecule has 1 N–H and O–H groups in total. The highest BCUT2D eigenvalue weighted by Crippen LogP contribution is 2.20. The van der Waals surface area contributed by atoms with Crippen LogP contribution in [0.15, 0.2) is 48.5 Å². The van der Waals surface area contributed by atoms with E-state index < -0.39 is 6.10 Å². The molecule has 0 bridgehead atoms. The van der Waals surface area contributed by atoms with Gasteiger partial charge in [-0.1, -0.05) is 31.2 Å². The molecule has 1 fully saturated rings. The van der Waals surface area contributed by atoms with E-state index in [2.05, 4.69) is 12.2 Å². The van der Waals surface area contributed by atoms with Gasteiger partial charge in [-0.3, -0.25) is 9.59 Å². The SMILES string of the molecule is CCc1ccc(O[C@@H](C)C(=O)Nc2ccccc2C(=O)N2CCOCC2)cc1. The van der Waals surface area contributed by atoms with Crippen molar-refractivity contribution in [2.24, 2.45) is 0 Å². The van der Waals surface area contributed by atoms with Gasteiger partial charge < -0.3 is 19.7 Å². The Hall–Kier alpha value is -2.86. The lowest BCUT2D eigenvalue weighted by Crippen LogP contribution is -2.41. The summed E-state index contributed by atoms with van der Waals surface area (Å²) < 4.78 is 11.0. The lowest BCUT2D eigenvalue weighted by atomic mass is 10.1. The summed E-state index contributed by atoms with van der Waals surface area (Å²) >= 11 is 0. The lowest BCUT2D eigenvalue weighted by molar-refractivity contribution is -0.122. The van der Waals surface area contributed by atoms with E-state index in [1.807, 2.05) is 24.3 Å². The molecular weight excluding hydrogens is 356 g/mol. The number of morpholine rings is 1. The van der Waals surface area contributed by atoms with Crippen LogP contribution in [0.1, 0.15) is 29.8 Å². The maximum atomic E-state index is 12.8. The highest BCUT2D eigenvalue weighted by atomic mass is 16.5. The van der Waals surface area contributed by atoms with Crippen LogP contribution in [0.4, 0.5) is 5.69 Å². The molecule has 0 unspecified atom stereocenters. The van der Waals surface area contributed by atoms with Gasteiger partial charge in [-0.05, 0) is 43.2 Å². The first-order valence-corrected chi connectivity index (χ1v) is 9.61. The summed E-state index contributed by atoms with van der Waals surface area (Å²) in [6, 6.07) is 14.7. The van der Waals surface area contributed by atoms with Crippen LogP contribution in [0.3, 0.4) is 0 Å².